The maximum Gasteiger partial charge on any atom is 0.271 e. The monoisotopic (exact) mass is 426 g/mol. The number of amidine groups is 1. The van der Waals surface area contributed by atoms with Gasteiger partial charge >= 0.3 is 0 Å². The molecule has 0 bridgehead atoms. The number of benzene rings is 1. The zero-order valence-electron chi connectivity index (χ0n) is 18.3. The minimum absolute atomic E-state index is 0. The molecular formula is C22H30N6O3. The number of anilines is 1. The van der Waals surface area contributed by atoms with E-state index in [9.17, 15) is 4.79 Å². The van der Waals surface area contributed by atoms with Gasteiger partial charge in [-0.3, -0.25) is 19.5 Å². The second kappa shape index (κ2) is 12.9. The highest BCUT2D eigenvalue weighted by Crippen LogP contribution is 2.22. The molecular weight excluding hydrogens is 396 g/mol. The summed E-state index contributed by atoms with van der Waals surface area (Å²) in [6.07, 6.45) is 6.18. The van der Waals surface area contributed by atoms with Crippen molar-refractivity contribution in [2.75, 3.05) is 26.5 Å². The molecule has 3 heterocycles. The Morgan fingerprint density at radius 1 is 1.19 bits per heavy atom. The molecule has 31 heavy (non-hydrogen) atoms. The van der Waals surface area contributed by atoms with E-state index in [1.54, 1.807) is 37.2 Å². The van der Waals surface area contributed by atoms with Crippen molar-refractivity contribution in [3.8, 4) is 0 Å². The van der Waals surface area contributed by atoms with E-state index in [0.29, 0.717) is 12.2 Å². The third-order valence-electron chi connectivity index (χ3n) is 4.19. The molecule has 4 N–H and O–H groups in total. The van der Waals surface area contributed by atoms with E-state index in [0.717, 1.165) is 30.6 Å². The van der Waals surface area contributed by atoms with Gasteiger partial charge in [0.2, 0.25) is 0 Å². The van der Waals surface area contributed by atoms with Crippen molar-refractivity contribution in [1.29, 1.82) is 0 Å². The number of para-hydroxylation sites is 1. The van der Waals surface area contributed by atoms with Crippen molar-refractivity contribution in [2.45, 2.75) is 13.0 Å². The van der Waals surface area contributed by atoms with E-state index in [4.69, 9.17) is 5.11 Å². The molecule has 1 aliphatic rings. The molecule has 166 valence electrons. The fourth-order valence-electron chi connectivity index (χ4n) is 2.68. The van der Waals surface area contributed by atoms with E-state index in [1.165, 1.54) is 10.5 Å². The van der Waals surface area contributed by atoms with Gasteiger partial charge in [0.1, 0.15) is 11.5 Å². The first-order valence-corrected chi connectivity index (χ1v) is 9.46. The Labute approximate surface area is 182 Å². The number of nitrogens with zero attached hydrogens (tertiary/aromatic N) is 5. The van der Waals surface area contributed by atoms with Crippen LogP contribution in [0.3, 0.4) is 0 Å². The summed E-state index contributed by atoms with van der Waals surface area (Å²) >= 11 is 0. The fraction of sp³-hybridized carbons (Fsp3) is 0.273. The smallest absolute Gasteiger partial charge is 0.271 e. The average Bonchev–Trinajstić information content (AvgIpc) is 3.42. The summed E-state index contributed by atoms with van der Waals surface area (Å²) in [7, 11) is 6.32. The summed E-state index contributed by atoms with van der Waals surface area (Å²) in [5.41, 5.74) is 3.84. The number of aliphatic hydroxyl groups excluding tert-OH is 1. The first-order chi connectivity index (χ1) is 14.5. The Morgan fingerprint density at radius 2 is 1.94 bits per heavy atom. The van der Waals surface area contributed by atoms with E-state index < -0.39 is 0 Å². The van der Waals surface area contributed by atoms with Crippen LogP contribution in [-0.2, 0) is 20.0 Å². The van der Waals surface area contributed by atoms with Crippen LogP contribution >= 0.6 is 0 Å². The molecule has 4 rings (SSSR count). The predicted octanol–water partition coefficient (Wildman–Crippen LogP) is 1.55. The summed E-state index contributed by atoms with van der Waals surface area (Å²) in [6.45, 7) is 0.555. The molecule has 1 aliphatic heterocycles. The Balaban J connectivity index is 0.000000456. The minimum atomic E-state index is -0.0919. The van der Waals surface area contributed by atoms with Crippen LogP contribution in [0.15, 0.2) is 66.0 Å². The number of carbonyl (C=O) groups excluding carboxylic acids is 1. The number of pyridine rings is 1. The summed E-state index contributed by atoms with van der Waals surface area (Å²) in [5, 5.41) is 14.2. The zero-order chi connectivity index (χ0) is 21.9. The Bertz CT molecular complexity index is 927. The van der Waals surface area contributed by atoms with Crippen molar-refractivity contribution < 1.29 is 15.4 Å². The van der Waals surface area contributed by atoms with Crippen molar-refractivity contribution in [1.82, 2.24) is 19.7 Å². The van der Waals surface area contributed by atoms with Gasteiger partial charge in [-0.2, -0.15) is 5.10 Å². The maximum absolute atomic E-state index is 11.8. The number of hydrogen-bond donors (Lipinski definition) is 2. The number of amides is 1. The zero-order valence-corrected chi connectivity index (χ0v) is 18.3. The molecule has 1 aromatic carbocycles. The molecule has 0 atom stereocenters. The Morgan fingerprint density at radius 3 is 2.45 bits per heavy atom. The van der Waals surface area contributed by atoms with E-state index in [1.807, 2.05) is 37.5 Å². The lowest BCUT2D eigenvalue weighted by molar-refractivity contribution is 0.0822. The number of aliphatic hydroxyl groups is 1. The molecule has 9 nitrogen and oxygen atoms in total. The third kappa shape index (κ3) is 7.65. The van der Waals surface area contributed by atoms with E-state index >= 15 is 0 Å². The van der Waals surface area contributed by atoms with Gasteiger partial charge in [-0.05, 0) is 29.3 Å². The Hall–Kier alpha value is -3.56. The highest BCUT2D eigenvalue weighted by atomic mass is 16.2. The van der Waals surface area contributed by atoms with Gasteiger partial charge < -0.3 is 20.8 Å². The number of nitrogens with one attached hydrogen (secondary N) is 1. The van der Waals surface area contributed by atoms with Crippen LogP contribution < -0.4 is 5.32 Å². The summed E-state index contributed by atoms with van der Waals surface area (Å²) < 4.78 is 1.75. The normalized spacial score (nSPS) is 12.2. The predicted molar refractivity (Wildman–Crippen MR) is 122 cm³/mol. The molecule has 9 heteroatoms. The molecule has 2 aromatic heterocycles. The largest absolute Gasteiger partial charge is 0.412 e. The molecule has 0 aliphatic carbocycles. The van der Waals surface area contributed by atoms with Crippen LogP contribution in [0.25, 0.3) is 0 Å². The minimum Gasteiger partial charge on any atom is -0.412 e. The number of rotatable bonds is 3. The van der Waals surface area contributed by atoms with Crippen LogP contribution in [0.2, 0.25) is 0 Å². The highest BCUT2D eigenvalue weighted by molar-refractivity contribution is 6.02. The lowest BCUT2D eigenvalue weighted by Crippen LogP contribution is -2.22. The van der Waals surface area contributed by atoms with Gasteiger partial charge in [-0.1, -0.05) is 24.3 Å². The number of aliphatic imine (C=N–C) groups is 1. The lowest BCUT2D eigenvalue weighted by atomic mass is 10.2. The molecule has 0 fully saturated rings. The number of hydrogen-bond acceptors (Lipinski definition) is 5. The van der Waals surface area contributed by atoms with Gasteiger partial charge in [0, 0.05) is 59.0 Å². The van der Waals surface area contributed by atoms with Crippen LogP contribution in [0.5, 0.6) is 0 Å². The summed E-state index contributed by atoms with van der Waals surface area (Å²) in [4.78, 5) is 22.1. The highest BCUT2D eigenvalue weighted by Gasteiger charge is 2.14. The van der Waals surface area contributed by atoms with Crippen molar-refractivity contribution >= 4 is 17.4 Å². The molecule has 1 amide bonds. The first kappa shape index (κ1) is 25.5. The van der Waals surface area contributed by atoms with Gasteiger partial charge in [-0.25, -0.2) is 0 Å². The van der Waals surface area contributed by atoms with Crippen LogP contribution in [-0.4, -0.2) is 63.2 Å². The third-order valence-corrected chi connectivity index (χ3v) is 4.19. The van der Waals surface area contributed by atoms with Crippen molar-refractivity contribution in [2.24, 2.45) is 12.0 Å². The summed E-state index contributed by atoms with van der Waals surface area (Å²) in [5.74, 6) is 0.875. The topological polar surface area (TPSA) is 127 Å². The first-order valence-electron chi connectivity index (χ1n) is 9.46. The SMILES string of the molecule is CN(C)C(=O)c1ccc(CN=C2Cc3ccccc3N2)cn1.CO.Cn1cccn1.O. The van der Waals surface area contributed by atoms with E-state index in [-0.39, 0.29) is 11.4 Å². The number of aryl methyl sites for hydroxylation is 1. The van der Waals surface area contributed by atoms with Crippen LogP contribution in [0.1, 0.15) is 21.6 Å². The standard InChI is InChI=1S/C17H18N4O.C4H6N2.CH4O.H2O/c1-21(2)17(22)15-8-7-12(10-18-15)11-19-16-9-13-5-3-4-6-14(13)20-16;1-6-4-2-3-5-6;1-2;/h3-8,10H,9,11H2,1-2H3,(H,19,20);2-4H,1H3;2H,1H3;1H2. The number of aromatic nitrogens is 3. The van der Waals surface area contributed by atoms with Crippen molar-refractivity contribution in [3.63, 3.8) is 0 Å². The van der Waals surface area contributed by atoms with Gasteiger partial charge in [-0.15, -0.1) is 0 Å². The van der Waals surface area contributed by atoms with Crippen molar-refractivity contribution in [3.05, 3.63) is 77.9 Å². The van der Waals surface area contributed by atoms with Gasteiger partial charge in [0.05, 0.1) is 6.54 Å². The maximum atomic E-state index is 11.8. The molecule has 3 aromatic rings. The van der Waals surface area contributed by atoms with Crippen LogP contribution in [0, 0.1) is 0 Å². The molecule has 0 spiro atoms. The van der Waals surface area contributed by atoms with Gasteiger partial charge in [0.25, 0.3) is 5.91 Å². The Kier molecular flexibility index (Phi) is 10.6. The fourth-order valence-corrected chi connectivity index (χ4v) is 2.68. The molecule has 0 saturated heterocycles. The van der Waals surface area contributed by atoms with Gasteiger partial charge in [0.15, 0.2) is 0 Å². The summed E-state index contributed by atoms with van der Waals surface area (Å²) in [6, 6.07) is 13.7. The average molecular weight is 427 g/mol. The lowest BCUT2D eigenvalue weighted by Gasteiger charge is -2.09. The quantitative estimate of drug-likeness (QED) is 0.657. The number of carbonyl (C=O) groups is 1. The second-order valence-corrected chi connectivity index (χ2v) is 6.65. The van der Waals surface area contributed by atoms with Crippen LogP contribution in [0.4, 0.5) is 5.69 Å². The molecule has 0 radical (unpaired) electrons. The molecule has 0 saturated carbocycles. The second-order valence-electron chi connectivity index (χ2n) is 6.65. The number of fused-ring (bicyclic) bond motifs is 1. The molecule has 0 unspecified atom stereocenters. The van der Waals surface area contributed by atoms with E-state index in [2.05, 4.69) is 32.5 Å².